The second-order valence-corrected chi connectivity index (χ2v) is 5.75. The SMILES string of the molecule is CC(C)c1[nH]nc2c1C(c1ccccc1[N+](=O)[O-])C(C#N)=C(N)O2. The first-order valence-electron chi connectivity index (χ1n) is 7.34. The summed E-state index contributed by atoms with van der Waals surface area (Å²) in [7, 11) is 0. The number of H-pyrrole nitrogens is 1. The number of nitro groups is 1. The van der Waals surface area contributed by atoms with Gasteiger partial charge in [0.05, 0.1) is 16.4 Å². The highest BCUT2D eigenvalue weighted by Crippen LogP contribution is 2.46. The summed E-state index contributed by atoms with van der Waals surface area (Å²) in [5.74, 6) is -0.473. The molecule has 3 rings (SSSR count). The molecule has 3 N–H and O–H groups in total. The molecule has 0 bridgehead atoms. The molecule has 1 unspecified atom stereocenters. The fourth-order valence-corrected chi connectivity index (χ4v) is 2.92. The van der Waals surface area contributed by atoms with Crippen LogP contribution in [-0.4, -0.2) is 15.1 Å². The zero-order chi connectivity index (χ0) is 17.4. The van der Waals surface area contributed by atoms with Crippen molar-refractivity contribution in [2.75, 3.05) is 0 Å². The number of aromatic nitrogens is 2. The molecule has 0 saturated carbocycles. The number of benzene rings is 1. The van der Waals surface area contributed by atoms with Crippen LogP contribution in [0.4, 0.5) is 5.69 Å². The molecule has 1 aromatic carbocycles. The van der Waals surface area contributed by atoms with Gasteiger partial charge in [-0.2, -0.15) is 5.26 Å². The number of rotatable bonds is 3. The van der Waals surface area contributed by atoms with E-state index >= 15 is 0 Å². The topological polar surface area (TPSA) is 131 Å². The molecule has 0 saturated heterocycles. The van der Waals surface area contributed by atoms with Crippen molar-refractivity contribution in [2.24, 2.45) is 5.73 Å². The maximum atomic E-state index is 11.4. The van der Waals surface area contributed by atoms with Crippen LogP contribution in [0.1, 0.15) is 42.5 Å². The van der Waals surface area contributed by atoms with Crippen molar-refractivity contribution < 1.29 is 9.66 Å². The summed E-state index contributed by atoms with van der Waals surface area (Å²) in [6.07, 6.45) is 0. The molecule has 2 aromatic rings. The summed E-state index contributed by atoms with van der Waals surface area (Å²) >= 11 is 0. The smallest absolute Gasteiger partial charge is 0.273 e. The molecule has 0 amide bonds. The lowest BCUT2D eigenvalue weighted by molar-refractivity contribution is -0.385. The Kier molecular flexibility index (Phi) is 3.69. The van der Waals surface area contributed by atoms with E-state index in [0.717, 1.165) is 5.69 Å². The second kappa shape index (κ2) is 5.70. The van der Waals surface area contributed by atoms with E-state index in [1.54, 1.807) is 18.2 Å². The third-order valence-electron chi connectivity index (χ3n) is 3.99. The Labute approximate surface area is 137 Å². The summed E-state index contributed by atoms with van der Waals surface area (Å²) in [5, 5.41) is 28.0. The van der Waals surface area contributed by atoms with Gasteiger partial charge in [-0.1, -0.05) is 32.0 Å². The molecule has 2 heterocycles. The molecule has 1 atom stereocenters. The molecule has 8 nitrogen and oxygen atoms in total. The van der Waals surface area contributed by atoms with Crippen LogP contribution in [0.2, 0.25) is 0 Å². The van der Waals surface area contributed by atoms with Gasteiger partial charge in [0.2, 0.25) is 11.8 Å². The number of allylic oxidation sites excluding steroid dienone is 1. The first kappa shape index (κ1) is 15.6. The van der Waals surface area contributed by atoms with Crippen molar-refractivity contribution in [3.8, 4) is 11.9 Å². The van der Waals surface area contributed by atoms with Gasteiger partial charge in [0.15, 0.2) is 0 Å². The number of nitrogens with zero attached hydrogens (tertiary/aromatic N) is 3. The van der Waals surface area contributed by atoms with Crippen LogP contribution in [0.25, 0.3) is 0 Å². The van der Waals surface area contributed by atoms with Gasteiger partial charge >= 0.3 is 0 Å². The van der Waals surface area contributed by atoms with Gasteiger partial charge in [-0.05, 0) is 5.92 Å². The molecular formula is C16H15N5O3. The van der Waals surface area contributed by atoms with Crippen molar-refractivity contribution in [1.82, 2.24) is 10.2 Å². The first-order chi connectivity index (χ1) is 11.5. The van der Waals surface area contributed by atoms with Gasteiger partial charge in [-0.15, -0.1) is 5.10 Å². The predicted octanol–water partition coefficient (Wildman–Crippen LogP) is 2.66. The molecule has 0 fully saturated rings. The van der Waals surface area contributed by atoms with Crippen LogP contribution in [0.3, 0.4) is 0 Å². The maximum absolute atomic E-state index is 11.4. The largest absolute Gasteiger partial charge is 0.420 e. The van der Waals surface area contributed by atoms with Crippen molar-refractivity contribution in [3.05, 3.63) is 62.7 Å². The predicted molar refractivity (Wildman–Crippen MR) is 85.1 cm³/mol. The Balaban J connectivity index is 2.32. The van der Waals surface area contributed by atoms with E-state index in [-0.39, 0.29) is 28.9 Å². The average Bonchev–Trinajstić information content (AvgIpc) is 2.97. The minimum Gasteiger partial charge on any atom is -0.420 e. The standard InChI is InChI=1S/C16H15N5O3/c1-8(2)14-13-12(9-5-3-4-6-11(9)21(22)23)10(7-17)15(18)24-16(13)20-19-14/h3-6,8,12H,18H2,1-2H3,(H,19,20). The monoisotopic (exact) mass is 325 g/mol. The molecule has 122 valence electrons. The summed E-state index contributed by atoms with van der Waals surface area (Å²) in [5.41, 5.74) is 7.67. The number of ether oxygens (including phenoxy) is 1. The van der Waals surface area contributed by atoms with Crippen LogP contribution in [-0.2, 0) is 0 Å². The molecule has 8 heteroatoms. The van der Waals surface area contributed by atoms with Crippen LogP contribution < -0.4 is 10.5 Å². The number of nitro benzene ring substituents is 1. The van der Waals surface area contributed by atoms with E-state index in [1.807, 2.05) is 19.9 Å². The van der Waals surface area contributed by atoms with Crippen molar-refractivity contribution in [2.45, 2.75) is 25.7 Å². The molecule has 0 aliphatic carbocycles. The Morgan fingerprint density at radius 2 is 2.17 bits per heavy atom. The van der Waals surface area contributed by atoms with Crippen molar-refractivity contribution >= 4 is 5.69 Å². The summed E-state index contributed by atoms with van der Waals surface area (Å²) in [6, 6.07) is 8.34. The number of aromatic amines is 1. The lowest BCUT2D eigenvalue weighted by atomic mass is 9.82. The molecule has 0 radical (unpaired) electrons. The van der Waals surface area contributed by atoms with E-state index in [2.05, 4.69) is 10.2 Å². The second-order valence-electron chi connectivity index (χ2n) is 5.75. The molecule has 1 aliphatic rings. The number of para-hydroxylation sites is 1. The molecule has 0 spiro atoms. The van der Waals surface area contributed by atoms with Gasteiger partial charge in [0.1, 0.15) is 11.6 Å². The average molecular weight is 325 g/mol. The highest BCUT2D eigenvalue weighted by Gasteiger charge is 2.38. The number of nitrogens with one attached hydrogen (secondary N) is 1. The lowest BCUT2D eigenvalue weighted by Gasteiger charge is -2.24. The van der Waals surface area contributed by atoms with E-state index in [1.165, 1.54) is 6.07 Å². The van der Waals surface area contributed by atoms with Crippen LogP contribution in [0, 0.1) is 21.4 Å². The highest BCUT2D eigenvalue weighted by molar-refractivity contribution is 5.60. The van der Waals surface area contributed by atoms with E-state index in [0.29, 0.717) is 11.1 Å². The van der Waals surface area contributed by atoms with Gasteiger partial charge in [-0.3, -0.25) is 15.2 Å². The zero-order valence-corrected chi connectivity index (χ0v) is 13.1. The van der Waals surface area contributed by atoms with E-state index in [9.17, 15) is 15.4 Å². The van der Waals surface area contributed by atoms with Crippen LogP contribution in [0.15, 0.2) is 35.7 Å². The summed E-state index contributed by atoms with van der Waals surface area (Å²) < 4.78 is 5.44. The Bertz CT molecular complexity index is 891. The fraction of sp³-hybridized carbons (Fsp3) is 0.250. The minimum atomic E-state index is -0.698. The normalized spacial score (nSPS) is 16.5. The number of nitriles is 1. The van der Waals surface area contributed by atoms with Crippen LogP contribution in [0.5, 0.6) is 5.88 Å². The van der Waals surface area contributed by atoms with Gasteiger partial charge < -0.3 is 10.5 Å². The Morgan fingerprint density at radius 3 is 2.79 bits per heavy atom. The number of nitrogens with two attached hydrogens (primary N) is 1. The summed E-state index contributed by atoms with van der Waals surface area (Å²) in [6.45, 7) is 3.91. The van der Waals surface area contributed by atoms with Gasteiger partial charge in [0, 0.05) is 17.3 Å². The molecule has 1 aromatic heterocycles. The third-order valence-corrected chi connectivity index (χ3v) is 3.99. The molecule has 24 heavy (non-hydrogen) atoms. The van der Waals surface area contributed by atoms with Crippen molar-refractivity contribution in [3.63, 3.8) is 0 Å². The van der Waals surface area contributed by atoms with E-state index < -0.39 is 10.8 Å². The first-order valence-corrected chi connectivity index (χ1v) is 7.34. The van der Waals surface area contributed by atoms with E-state index in [4.69, 9.17) is 10.5 Å². The minimum absolute atomic E-state index is 0.0642. The number of hydrogen-bond acceptors (Lipinski definition) is 6. The Hall–Kier alpha value is -3.34. The maximum Gasteiger partial charge on any atom is 0.273 e. The van der Waals surface area contributed by atoms with Gasteiger partial charge in [-0.25, -0.2) is 0 Å². The van der Waals surface area contributed by atoms with Crippen LogP contribution >= 0.6 is 0 Å². The third kappa shape index (κ3) is 2.27. The number of hydrogen-bond donors (Lipinski definition) is 2. The Morgan fingerprint density at radius 1 is 1.46 bits per heavy atom. The van der Waals surface area contributed by atoms with Gasteiger partial charge in [0.25, 0.3) is 5.69 Å². The van der Waals surface area contributed by atoms with Crippen molar-refractivity contribution in [1.29, 1.82) is 5.26 Å². The summed E-state index contributed by atoms with van der Waals surface area (Å²) in [4.78, 5) is 11.0. The lowest BCUT2D eigenvalue weighted by Crippen LogP contribution is -2.22. The highest BCUT2D eigenvalue weighted by atomic mass is 16.6. The molecule has 1 aliphatic heterocycles. The fourth-order valence-electron chi connectivity index (χ4n) is 2.92. The molecular weight excluding hydrogens is 310 g/mol. The zero-order valence-electron chi connectivity index (χ0n) is 13.1. The quantitative estimate of drug-likeness (QED) is 0.658. The number of fused-ring (bicyclic) bond motifs is 1.